The highest BCUT2D eigenvalue weighted by molar-refractivity contribution is 6.08. The van der Waals surface area contributed by atoms with Gasteiger partial charge in [0, 0.05) is 16.7 Å². The Balaban J connectivity index is 1.26. The van der Waals surface area contributed by atoms with Gasteiger partial charge in [-0.1, -0.05) is 164 Å². The Morgan fingerprint density at radius 2 is 0.854 bits per heavy atom. The fraction of sp³-hybridized carbons (Fsp3) is 0. The second kappa shape index (κ2) is 11.7. The monoisotopic (exact) mass is 617 g/mol. The maximum absolute atomic E-state index is 9.30. The minimum atomic E-state index is -0.404. The Morgan fingerprint density at radius 3 is 1.58 bits per heavy atom. The lowest BCUT2D eigenvalue weighted by molar-refractivity contribution is 1.07. The Hall–Kier alpha value is -6.45. The first kappa shape index (κ1) is 22.1. The molecular weight excluding hydrogens is 583 g/mol. The second-order valence-electron chi connectivity index (χ2n) is 11.6. The third-order valence-electron chi connectivity index (χ3n) is 8.64. The van der Waals surface area contributed by atoms with E-state index in [1.54, 1.807) is 30.3 Å². The highest BCUT2D eigenvalue weighted by Gasteiger charge is 2.15. The summed E-state index contributed by atoms with van der Waals surface area (Å²) >= 11 is 0. The molecule has 1 heterocycles. The van der Waals surface area contributed by atoms with Gasteiger partial charge in [-0.15, -0.1) is 0 Å². The molecule has 0 saturated heterocycles. The maximum atomic E-state index is 9.30. The molecule has 0 radical (unpaired) electrons. The molecule has 0 bridgehead atoms. The molecule has 48 heavy (non-hydrogen) atoms. The zero-order valence-corrected chi connectivity index (χ0v) is 25.6. The average Bonchev–Trinajstić information content (AvgIpc) is 3.23. The molecule has 224 valence electrons. The number of benzene rings is 8. The van der Waals surface area contributed by atoms with Gasteiger partial charge in [-0.2, -0.15) is 0 Å². The molecule has 0 aliphatic rings. The van der Waals surface area contributed by atoms with Gasteiger partial charge >= 0.3 is 0 Å². The molecule has 3 heteroatoms. The summed E-state index contributed by atoms with van der Waals surface area (Å²) in [6.07, 6.45) is 0. The molecule has 0 aliphatic heterocycles. The van der Waals surface area contributed by atoms with Gasteiger partial charge in [0.05, 0.1) is 8.22 Å². The molecule has 0 saturated carbocycles. The van der Waals surface area contributed by atoms with Gasteiger partial charge in [-0.3, -0.25) is 0 Å². The summed E-state index contributed by atoms with van der Waals surface area (Å²) in [4.78, 5) is 14.8. The van der Waals surface area contributed by atoms with E-state index in [-0.39, 0.29) is 40.5 Å². The first-order valence-corrected chi connectivity index (χ1v) is 15.7. The third kappa shape index (κ3) is 4.99. The number of rotatable bonds is 5. The lowest BCUT2D eigenvalue weighted by Crippen LogP contribution is -2.00. The summed E-state index contributed by atoms with van der Waals surface area (Å²) in [6.45, 7) is 0. The van der Waals surface area contributed by atoms with E-state index in [1.165, 1.54) is 5.39 Å². The van der Waals surface area contributed by atoms with Crippen LogP contribution in [-0.4, -0.2) is 15.0 Å². The Morgan fingerprint density at radius 1 is 0.333 bits per heavy atom. The lowest BCUT2D eigenvalue weighted by Gasteiger charge is -2.13. The second-order valence-corrected chi connectivity index (χ2v) is 11.6. The van der Waals surface area contributed by atoms with Crippen LogP contribution in [0.15, 0.2) is 176 Å². The number of hydrogen-bond acceptors (Lipinski definition) is 3. The highest BCUT2D eigenvalue weighted by Crippen LogP contribution is 2.37. The van der Waals surface area contributed by atoms with E-state index in [9.17, 15) is 2.74 Å². The molecule has 3 nitrogen and oxygen atoms in total. The maximum Gasteiger partial charge on any atom is 0.164 e. The van der Waals surface area contributed by atoms with E-state index >= 15 is 0 Å². The minimum Gasteiger partial charge on any atom is -0.208 e. The van der Waals surface area contributed by atoms with Gasteiger partial charge in [0.2, 0.25) is 0 Å². The molecule has 0 N–H and O–H groups in total. The van der Waals surface area contributed by atoms with Crippen molar-refractivity contribution in [2.24, 2.45) is 0 Å². The van der Waals surface area contributed by atoms with Crippen LogP contribution in [0.2, 0.25) is 0 Å². The number of hydrogen-bond donors (Lipinski definition) is 0. The van der Waals surface area contributed by atoms with Crippen LogP contribution in [0.1, 0.15) is 8.22 Å². The molecule has 8 aromatic carbocycles. The van der Waals surface area contributed by atoms with Crippen LogP contribution >= 0.6 is 0 Å². The predicted octanol–water partition coefficient (Wildman–Crippen LogP) is 11.7. The SMILES string of the molecule is [2H]c1c([2H])c([2H])c2c(-c3cccc(-c4nc(-c5ccccc5)nc(-c5ccc6c(ccc7ccccc76)c5)n4)c3)c([2H])c([2H])c(-c3ccccc3)c2c1[2H]. The summed E-state index contributed by atoms with van der Waals surface area (Å²) in [5.74, 6) is 1.37. The average molecular weight is 618 g/mol. The first-order valence-electron chi connectivity index (χ1n) is 18.7. The summed E-state index contributed by atoms with van der Waals surface area (Å²) in [5.41, 5.74) is 3.88. The molecule has 0 aliphatic carbocycles. The smallest absolute Gasteiger partial charge is 0.164 e. The topological polar surface area (TPSA) is 38.7 Å². The van der Waals surface area contributed by atoms with Gasteiger partial charge < -0.3 is 0 Å². The zero-order valence-electron chi connectivity index (χ0n) is 31.6. The van der Waals surface area contributed by atoms with E-state index in [4.69, 9.17) is 20.4 Å². The predicted molar refractivity (Wildman–Crippen MR) is 200 cm³/mol. The van der Waals surface area contributed by atoms with E-state index in [0.717, 1.165) is 27.3 Å². The molecule has 0 fully saturated rings. The van der Waals surface area contributed by atoms with Crippen molar-refractivity contribution in [3.05, 3.63) is 176 Å². The van der Waals surface area contributed by atoms with E-state index in [1.807, 2.05) is 72.8 Å². The molecule has 0 unspecified atom stereocenters. The quantitative estimate of drug-likeness (QED) is 0.180. The van der Waals surface area contributed by atoms with Gasteiger partial charge in [-0.25, -0.2) is 15.0 Å². The van der Waals surface area contributed by atoms with Crippen molar-refractivity contribution >= 4 is 32.3 Å². The van der Waals surface area contributed by atoms with Crippen LogP contribution in [0.4, 0.5) is 0 Å². The Bertz CT molecular complexity index is 2950. The third-order valence-corrected chi connectivity index (χ3v) is 8.64. The van der Waals surface area contributed by atoms with Crippen LogP contribution in [-0.2, 0) is 0 Å². The summed E-state index contributed by atoms with van der Waals surface area (Å²) < 4.78 is 53.6. The van der Waals surface area contributed by atoms with Crippen LogP contribution < -0.4 is 0 Å². The number of aromatic nitrogens is 3. The fourth-order valence-electron chi connectivity index (χ4n) is 6.29. The molecule has 1 aromatic heterocycles. The van der Waals surface area contributed by atoms with E-state index in [2.05, 4.69) is 36.4 Å². The normalized spacial score (nSPS) is 13.1. The van der Waals surface area contributed by atoms with Crippen molar-refractivity contribution < 1.29 is 8.22 Å². The van der Waals surface area contributed by atoms with Gasteiger partial charge in [0.15, 0.2) is 17.5 Å². The van der Waals surface area contributed by atoms with Crippen molar-refractivity contribution in [3.63, 3.8) is 0 Å². The van der Waals surface area contributed by atoms with E-state index in [0.29, 0.717) is 39.7 Å². The Labute approximate surface area is 287 Å². The van der Waals surface area contributed by atoms with Crippen molar-refractivity contribution in [3.8, 4) is 56.4 Å². The largest absolute Gasteiger partial charge is 0.208 e. The fourth-order valence-corrected chi connectivity index (χ4v) is 6.29. The summed E-state index contributed by atoms with van der Waals surface area (Å²) in [5, 5.41) is 4.90. The Kier molecular flexibility index (Phi) is 5.41. The molecule has 9 aromatic rings. The van der Waals surface area contributed by atoms with Gasteiger partial charge in [0.1, 0.15) is 0 Å². The standard InChI is InChI=1S/C45H29N3/c1-3-12-30(13-4-1)38-26-27-40(42-21-10-9-20-41(38)42)33-17-11-18-35(28-33)44-46-43(32-15-5-2-6-16-32)47-45(48-44)36-24-25-39-34(29-36)23-22-31-14-7-8-19-37(31)39/h1-29H/i9D,10D,20D,21D,26D,27D. The van der Waals surface area contributed by atoms with Crippen LogP contribution in [0, 0.1) is 0 Å². The summed E-state index contributed by atoms with van der Waals surface area (Å²) in [6, 6.07) is 43.1. The van der Waals surface area contributed by atoms with Crippen molar-refractivity contribution in [2.45, 2.75) is 0 Å². The van der Waals surface area contributed by atoms with Crippen LogP contribution in [0.3, 0.4) is 0 Å². The molecule has 0 amide bonds. The zero-order chi connectivity index (χ0) is 37.1. The highest BCUT2D eigenvalue weighted by atomic mass is 15.0. The van der Waals surface area contributed by atoms with Gasteiger partial charge in [-0.05, 0) is 66.7 Å². The first-order chi connectivity index (χ1) is 26.3. The minimum absolute atomic E-state index is 0.128. The molecular formula is C45H29N3. The van der Waals surface area contributed by atoms with Crippen molar-refractivity contribution in [1.82, 2.24) is 15.0 Å². The number of nitrogens with zero attached hydrogens (tertiary/aromatic N) is 3. The van der Waals surface area contributed by atoms with Gasteiger partial charge in [0.25, 0.3) is 0 Å². The van der Waals surface area contributed by atoms with E-state index < -0.39 is 12.1 Å². The lowest BCUT2D eigenvalue weighted by atomic mass is 9.91. The summed E-state index contributed by atoms with van der Waals surface area (Å²) in [7, 11) is 0. The molecule has 0 atom stereocenters. The van der Waals surface area contributed by atoms with Crippen LogP contribution in [0.25, 0.3) is 88.7 Å². The van der Waals surface area contributed by atoms with Crippen molar-refractivity contribution in [2.75, 3.05) is 0 Å². The van der Waals surface area contributed by atoms with Crippen LogP contribution in [0.5, 0.6) is 0 Å². The molecule has 0 spiro atoms. The number of fused-ring (bicyclic) bond motifs is 4. The van der Waals surface area contributed by atoms with Crippen molar-refractivity contribution in [1.29, 1.82) is 0 Å². The molecule has 9 rings (SSSR count).